The summed E-state index contributed by atoms with van der Waals surface area (Å²) < 4.78 is 4.61. The monoisotopic (exact) mass is 264 g/mol. The molecule has 0 atom stereocenters. The van der Waals surface area contributed by atoms with Crippen LogP contribution in [0.2, 0.25) is 0 Å². The van der Waals surface area contributed by atoms with E-state index in [2.05, 4.69) is 20.7 Å². The smallest absolute Gasteiger partial charge is 0.293 e. The largest absolute Gasteiger partial charge is 0.468 e. The molecule has 0 N–H and O–H groups in total. The average Bonchev–Trinajstić information content (AvgIpc) is 2.21. The molecule has 3 heteroatoms. The van der Waals surface area contributed by atoms with Crippen molar-refractivity contribution in [3.05, 3.63) is 0 Å². The molecule has 0 saturated carbocycles. The number of hydrogen-bond acceptors (Lipinski definition) is 2. The maximum atomic E-state index is 9.81. The van der Waals surface area contributed by atoms with Crippen molar-refractivity contribution >= 4 is 22.4 Å². The van der Waals surface area contributed by atoms with Gasteiger partial charge in [-0.3, -0.25) is 4.79 Å². The highest BCUT2D eigenvalue weighted by molar-refractivity contribution is 9.09. The molecule has 0 radical (unpaired) electrons. The van der Waals surface area contributed by atoms with Crippen LogP contribution in [0.4, 0.5) is 0 Å². The van der Waals surface area contributed by atoms with Gasteiger partial charge in [-0.05, 0) is 12.8 Å². The van der Waals surface area contributed by atoms with Gasteiger partial charge < -0.3 is 4.74 Å². The van der Waals surface area contributed by atoms with Gasteiger partial charge in [0.2, 0.25) is 0 Å². The molecule has 0 spiro atoms. The summed E-state index contributed by atoms with van der Waals surface area (Å²) in [4.78, 5) is 9.81. The van der Waals surface area contributed by atoms with Gasteiger partial charge in [0.25, 0.3) is 6.47 Å². The van der Waals surface area contributed by atoms with Crippen molar-refractivity contribution in [2.45, 2.75) is 51.4 Å². The van der Waals surface area contributed by atoms with Gasteiger partial charge in [-0.15, -0.1) is 0 Å². The first kappa shape index (κ1) is 13.9. The lowest BCUT2D eigenvalue weighted by Crippen LogP contribution is -1.91. The molecule has 0 amide bonds. The van der Waals surface area contributed by atoms with Crippen molar-refractivity contribution in [2.24, 2.45) is 0 Å². The summed E-state index contributed by atoms with van der Waals surface area (Å²) in [5.74, 6) is 0. The predicted octanol–water partition coefficient (Wildman–Crippen LogP) is 3.68. The van der Waals surface area contributed by atoms with Gasteiger partial charge in [-0.25, -0.2) is 0 Å². The number of carbonyl (C=O) groups excluding carboxylic acids is 1. The van der Waals surface area contributed by atoms with E-state index in [9.17, 15) is 4.79 Å². The van der Waals surface area contributed by atoms with Crippen LogP contribution in [0.3, 0.4) is 0 Å². The molecule has 0 aliphatic rings. The van der Waals surface area contributed by atoms with Crippen molar-refractivity contribution in [3.63, 3.8) is 0 Å². The molecule has 0 aliphatic heterocycles. The topological polar surface area (TPSA) is 26.3 Å². The zero-order valence-electron chi connectivity index (χ0n) is 8.84. The van der Waals surface area contributed by atoms with Gasteiger partial charge >= 0.3 is 0 Å². The fourth-order valence-corrected chi connectivity index (χ4v) is 1.79. The Labute approximate surface area is 95.5 Å². The Morgan fingerprint density at radius 2 is 1.36 bits per heavy atom. The second kappa shape index (κ2) is 12.9. The lowest BCUT2D eigenvalue weighted by Gasteiger charge is -2.00. The van der Waals surface area contributed by atoms with Crippen LogP contribution in [0.1, 0.15) is 51.4 Å². The van der Waals surface area contributed by atoms with E-state index in [-0.39, 0.29) is 0 Å². The molecular formula is C11H21BrO2. The Morgan fingerprint density at radius 1 is 0.857 bits per heavy atom. The molecule has 84 valence electrons. The van der Waals surface area contributed by atoms with Crippen molar-refractivity contribution < 1.29 is 9.53 Å². The number of ether oxygens (including phenoxy) is 1. The van der Waals surface area contributed by atoms with Crippen molar-refractivity contribution in [1.82, 2.24) is 0 Å². The number of halogens is 1. The maximum absolute atomic E-state index is 9.81. The van der Waals surface area contributed by atoms with Crippen LogP contribution in [0.25, 0.3) is 0 Å². The molecule has 0 aliphatic carbocycles. The summed E-state index contributed by atoms with van der Waals surface area (Å²) >= 11 is 3.43. The molecule has 2 nitrogen and oxygen atoms in total. The Morgan fingerprint density at radius 3 is 1.86 bits per heavy atom. The second-order valence-corrected chi connectivity index (χ2v) is 4.28. The lowest BCUT2D eigenvalue weighted by molar-refractivity contribution is -0.128. The van der Waals surface area contributed by atoms with Gasteiger partial charge in [0.05, 0.1) is 6.61 Å². The number of unbranched alkanes of at least 4 members (excludes halogenated alkanes) is 7. The van der Waals surface area contributed by atoms with Crippen LogP contribution in [0, 0.1) is 0 Å². The van der Waals surface area contributed by atoms with Crippen LogP contribution >= 0.6 is 15.9 Å². The highest BCUT2D eigenvalue weighted by atomic mass is 79.9. The Kier molecular flexibility index (Phi) is 12.9. The predicted molar refractivity (Wildman–Crippen MR) is 62.7 cm³/mol. The fourth-order valence-electron chi connectivity index (χ4n) is 1.39. The number of rotatable bonds is 11. The summed E-state index contributed by atoms with van der Waals surface area (Å²) in [7, 11) is 0. The molecule has 0 fully saturated rings. The zero-order chi connectivity index (χ0) is 10.5. The molecule has 0 unspecified atom stereocenters. The summed E-state index contributed by atoms with van der Waals surface area (Å²) in [6.07, 6.45) is 10.1. The summed E-state index contributed by atoms with van der Waals surface area (Å²) in [5, 5.41) is 1.13. The number of alkyl halides is 1. The third-order valence-electron chi connectivity index (χ3n) is 2.21. The molecule has 0 aromatic heterocycles. The highest BCUT2D eigenvalue weighted by Gasteiger charge is 1.91. The quantitative estimate of drug-likeness (QED) is 0.323. The third kappa shape index (κ3) is 11.9. The zero-order valence-corrected chi connectivity index (χ0v) is 10.4. The maximum Gasteiger partial charge on any atom is 0.293 e. The van der Waals surface area contributed by atoms with Gasteiger partial charge in [0, 0.05) is 5.33 Å². The van der Waals surface area contributed by atoms with E-state index in [0.29, 0.717) is 13.1 Å². The van der Waals surface area contributed by atoms with E-state index in [4.69, 9.17) is 0 Å². The molecule has 0 saturated heterocycles. The van der Waals surface area contributed by atoms with E-state index in [1.54, 1.807) is 0 Å². The van der Waals surface area contributed by atoms with Gasteiger partial charge in [0.1, 0.15) is 0 Å². The Balaban J connectivity index is 2.81. The van der Waals surface area contributed by atoms with Crippen LogP contribution < -0.4 is 0 Å². The average molecular weight is 265 g/mol. The Hall–Kier alpha value is -0.0500. The van der Waals surface area contributed by atoms with E-state index in [0.717, 1.165) is 11.8 Å². The summed E-state index contributed by atoms with van der Waals surface area (Å²) in [5.41, 5.74) is 0. The van der Waals surface area contributed by atoms with Crippen molar-refractivity contribution in [2.75, 3.05) is 11.9 Å². The highest BCUT2D eigenvalue weighted by Crippen LogP contribution is 2.09. The van der Waals surface area contributed by atoms with Crippen LogP contribution in [0.15, 0.2) is 0 Å². The van der Waals surface area contributed by atoms with Crippen molar-refractivity contribution in [3.8, 4) is 0 Å². The van der Waals surface area contributed by atoms with Crippen LogP contribution in [0.5, 0.6) is 0 Å². The molecule has 0 heterocycles. The minimum atomic E-state index is 0.528. The molecule has 0 rings (SSSR count). The van der Waals surface area contributed by atoms with E-state index >= 15 is 0 Å². The summed E-state index contributed by atoms with van der Waals surface area (Å²) in [6.45, 7) is 1.12. The summed E-state index contributed by atoms with van der Waals surface area (Å²) in [6, 6.07) is 0. The SMILES string of the molecule is O=COCCCCCCCCCCBr. The molecule has 0 bridgehead atoms. The van der Waals surface area contributed by atoms with Gasteiger partial charge in [-0.2, -0.15) is 0 Å². The lowest BCUT2D eigenvalue weighted by atomic mass is 10.1. The number of hydrogen-bond donors (Lipinski definition) is 0. The molecule has 14 heavy (non-hydrogen) atoms. The minimum Gasteiger partial charge on any atom is -0.468 e. The first-order valence-corrected chi connectivity index (χ1v) is 6.65. The van der Waals surface area contributed by atoms with Gasteiger partial charge in [0.15, 0.2) is 0 Å². The normalized spacial score (nSPS) is 10.1. The molecule has 0 aromatic carbocycles. The van der Waals surface area contributed by atoms with E-state index in [1.807, 2.05) is 0 Å². The minimum absolute atomic E-state index is 0.528. The van der Waals surface area contributed by atoms with Gasteiger partial charge in [-0.1, -0.05) is 54.5 Å². The molecular weight excluding hydrogens is 244 g/mol. The number of carbonyl (C=O) groups is 1. The third-order valence-corrected chi connectivity index (χ3v) is 2.77. The second-order valence-electron chi connectivity index (χ2n) is 3.48. The van der Waals surface area contributed by atoms with Crippen molar-refractivity contribution in [1.29, 1.82) is 0 Å². The van der Waals surface area contributed by atoms with E-state index in [1.165, 1.54) is 44.9 Å². The standard InChI is InChI=1S/C11H21BrO2/c12-9-7-5-3-1-2-4-6-8-10-14-11-13/h11H,1-10H2. The van der Waals surface area contributed by atoms with Crippen LogP contribution in [-0.2, 0) is 9.53 Å². The first-order valence-electron chi connectivity index (χ1n) is 5.53. The Bertz CT molecular complexity index is 118. The fraction of sp³-hybridized carbons (Fsp3) is 0.909. The molecule has 0 aromatic rings. The van der Waals surface area contributed by atoms with Crippen LogP contribution in [-0.4, -0.2) is 18.4 Å². The first-order chi connectivity index (χ1) is 6.91. The van der Waals surface area contributed by atoms with E-state index < -0.39 is 0 Å².